The van der Waals surface area contributed by atoms with Crippen LogP contribution in [0, 0.1) is 5.82 Å². The fourth-order valence-electron chi connectivity index (χ4n) is 5.10. The molecule has 3 rings (SSSR count). The Bertz CT molecular complexity index is 968. The lowest BCUT2D eigenvalue weighted by molar-refractivity contribution is -0.484. The maximum Gasteiger partial charge on any atom is 0.260 e. The van der Waals surface area contributed by atoms with Crippen molar-refractivity contribution >= 4 is 23.0 Å². The Balaban J connectivity index is 1.88. The van der Waals surface area contributed by atoms with Crippen molar-refractivity contribution in [2.45, 2.75) is 90.5 Å². The molecule has 0 saturated heterocycles. The van der Waals surface area contributed by atoms with Gasteiger partial charge in [0.2, 0.25) is 0 Å². The number of nitrogens with zero attached hydrogens (tertiary/aromatic N) is 1. The summed E-state index contributed by atoms with van der Waals surface area (Å²) < 4.78 is 28.3. The van der Waals surface area contributed by atoms with Crippen LogP contribution in [0.15, 0.2) is 30.3 Å². The molecule has 1 unspecified atom stereocenters. The number of hydrogen-bond acceptors (Lipinski definition) is 2. The van der Waals surface area contributed by atoms with E-state index in [4.69, 9.17) is 21.1 Å². The molecular formula is C29H40ClFNO2+. The molecule has 0 N–H and O–H groups in total. The summed E-state index contributed by atoms with van der Waals surface area (Å²) in [5.41, 5.74) is 3.90. The monoisotopic (exact) mass is 488 g/mol. The van der Waals surface area contributed by atoms with Crippen LogP contribution < -0.4 is 9.47 Å². The topological polar surface area (TPSA) is 21.5 Å². The van der Waals surface area contributed by atoms with Crippen molar-refractivity contribution in [3.8, 4) is 11.5 Å². The highest BCUT2D eigenvalue weighted by Gasteiger charge is 2.36. The molecule has 3 nitrogen and oxygen atoms in total. The summed E-state index contributed by atoms with van der Waals surface area (Å²) in [5.74, 6) is 1.14. The van der Waals surface area contributed by atoms with Gasteiger partial charge in [0.1, 0.15) is 5.02 Å². The molecule has 1 aliphatic rings. The second kappa shape index (κ2) is 13.1. The Kier molecular flexibility index (Phi) is 10.2. The highest BCUT2D eigenvalue weighted by Crippen LogP contribution is 2.38. The zero-order valence-electron chi connectivity index (χ0n) is 21.3. The third-order valence-corrected chi connectivity index (χ3v) is 7.17. The summed E-state index contributed by atoms with van der Waals surface area (Å²) in [4.78, 5) is 0. The van der Waals surface area contributed by atoms with Crippen molar-refractivity contribution in [3.63, 3.8) is 0 Å². The average molecular weight is 489 g/mol. The van der Waals surface area contributed by atoms with Crippen LogP contribution in [0.4, 0.5) is 10.1 Å². The van der Waals surface area contributed by atoms with Gasteiger partial charge in [-0.2, -0.15) is 8.97 Å². The molecule has 0 amide bonds. The summed E-state index contributed by atoms with van der Waals surface area (Å²) >= 11 is 6.54. The molecule has 2 aromatic carbocycles. The van der Waals surface area contributed by atoms with Gasteiger partial charge in [-0.1, -0.05) is 76.0 Å². The highest BCUT2D eigenvalue weighted by atomic mass is 35.5. The maximum atomic E-state index is 15.1. The number of para-hydroxylation sites is 1. The summed E-state index contributed by atoms with van der Waals surface area (Å²) in [6.07, 6.45) is 13.1. The maximum absolute atomic E-state index is 15.1. The number of rotatable bonds is 13. The first-order valence-electron chi connectivity index (χ1n) is 12.9. The molecule has 0 aromatic heterocycles. The minimum Gasteiger partial charge on any atom is -0.493 e. The van der Waals surface area contributed by atoms with E-state index in [0.717, 1.165) is 36.3 Å². The Morgan fingerprint density at radius 2 is 1.56 bits per heavy atom. The number of unbranched alkanes of at least 4 members (excludes halogenated alkanes) is 8. The lowest BCUT2D eigenvalue weighted by Gasteiger charge is -2.25. The Morgan fingerprint density at radius 1 is 0.941 bits per heavy atom. The molecule has 0 bridgehead atoms. The van der Waals surface area contributed by atoms with Crippen LogP contribution in [0.2, 0.25) is 5.02 Å². The predicted molar refractivity (Wildman–Crippen MR) is 140 cm³/mol. The van der Waals surface area contributed by atoms with Gasteiger partial charge in [0, 0.05) is 18.4 Å². The molecule has 1 heterocycles. The van der Waals surface area contributed by atoms with Crippen LogP contribution in [0.1, 0.15) is 89.2 Å². The molecule has 186 valence electrons. The molecule has 2 aromatic rings. The van der Waals surface area contributed by atoms with E-state index in [9.17, 15) is 0 Å². The Morgan fingerprint density at radius 3 is 2.18 bits per heavy atom. The van der Waals surface area contributed by atoms with E-state index in [2.05, 4.69) is 24.5 Å². The van der Waals surface area contributed by atoms with Gasteiger partial charge >= 0.3 is 0 Å². The van der Waals surface area contributed by atoms with Gasteiger partial charge in [-0.05, 0) is 43.2 Å². The number of fused-ring (bicyclic) bond motifs is 1. The lowest BCUT2D eigenvalue weighted by Crippen LogP contribution is -2.34. The standard InChI is InChI=1S/C29H40ClFNO2/c1-5-6-7-8-9-10-11-12-13-17-26-23-20-28(34-4)27(33-3)19-22(23)18-21(2)32(26)29-24(30)15-14-16-25(29)31/h14-16,19-21H,5-13,17-18H2,1-4H3/q+1. The van der Waals surface area contributed by atoms with Crippen LogP contribution in [0.25, 0.3) is 0 Å². The zero-order chi connectivity index (χ0) is 24.5. The fraction of sp³-hybridized carbons (Fsp3) is 0.552. The van der Waals surface area contributed by atoms with Gasteiger partial charge in [-0.3, -0.25) is 0 Å². The third-order valence-electron chi connectivity index (χ3n) is 6.86. The van der Waals surface area contributed by atoms with Crippen LogP contribution >= 0.6 is 11.6 Å². The molecule has 0 fully saturated rings. The summed E-state index contributed by atoms with van der Waals surface area (Å²) in [6, 6.07) is 9.12. The Labute approximate surface area is 209 Å². The first-order chi connectivity index (χ1) is 16.5. The first kappa shape index (κ1) is 26.5. The van der Waals surface area contributed by atoms with Gasteiger partial charge in [-0.15, -0.1) is 0 Å². The number of hydrogen-bond donors (Lipinski definition) is 0. The summed E-state index contributed by atoms with van der Waals surface area (Å²) in [7, 11) is 3.32. The van der Waals surface area contributed by atoms with Gasteiger partial charge < -0.3 is 9.47 Å². The summed E-state index contributed by atoms with van der Waals surface area (Å²) in [5, 5.41) is 0.445. The van der Waals surface area contributed by atoms with Crippen LogP contribution in [-0.2, 0) is 6.42 Å². The first-order valence-corrected chi connectivity index (χ1v) is 13.2. The smallest absolute Gasteiger partial charge is 0.260 e. The zero-order valence-corrected chi connectivity index (χ0v) is 22.0. The molecule has 1 atom stereocenters. The van der Waals surface area contributed by atoms with Crippen LogP contribution in [0.5, 0.6) is 11.5 Å². The van der Waals surface area contributed by atoms with E-state index in [-0.39, 0.29) is 11.9 Å². The predicted octanol–water partition coefficient (Wildman–Crippen LogP) is 8.50. The average Bonchev–Trinajstić information content (AvgIpc) is 2.83. The van der Waals surface area contributed by atoms with Gasteiger partial charge in [0.15, 0.2) is 29.1 Å². The van der Waals surface area contributed by atoms with E-state index in [1.807, 2.05) is 6.07 Å². The van der Waals surface area contributed by atoms with E-state index in [0.29, 0.717) is 16.5 Å². The Hall–Kier alpha value is -2.07. The molecule has 0 spiro atoms. The van der Waals surface area contributed by atoms with Gasteiger partial charge in [0.25, 0.3) is 5.69 Å². The van der Waals surface area contributed by atoms with Crippen molar-refractivity contribution in [1.29, 1.82) is 0 Å². The molecular weight excluding hydrogens is 449 g/mol. The van der Waals surface area contributed by atoms with Crippen molar-refractivity contribution in [2.24, 2.45) is 0 Å². The van der Waals surface area contributed by atoms with Gasteiger partial charge in [0.05, 0.1) is 14.2 Å². The number of halogens is 2. The van der Waals surface area contributed by atoms with Crippen LogP contribution in [-0.4, -0.2) is 30.5 Å². The number of benzene rings is 2. The molecule has 1 aliphatic heterocycles. The molecule has 0 saturated carbocycles. The molecule has 0 radical (unpaired) electrons. The van der Waals surface area contributed by atoms with E-state index in [1.165, 1.54) is 63.0 Å². The van der Waals surface area contributed by atoms with Crippen LogP contribution in [0.3, 0.4) is 0 Å². The normalized spacial score (nSPS) is 15.4. The minimum absolute atomic E-state index is 0.0774. The summed E-state index contributed by atoms with van der Waals surface area (Å²) in [6.45, 7) is 4.39. The quantitative estimate of drug-likeness (QED) is 0.208. The van der Waals surface area contributed by atoms with E-state index in [1.54, 1.807) is 26.4 Å². The van der Waals surface area contributed by atoms with E-state index < -0.39 is 0 Å². The minimum atomic E-state index is -0.284. The largest absolute Gasteiger partial charge is 0.493 e. The SMILES string of the molecule is CCCCCCCCCCCC1=[N+](c2c(F)cccc2Cl)C(C)Cc2cc(OC)c(OC)cc21. The molecule has 0 aliphatic carbocycles. The second-order valence-corrected chi connectivity index (χ2v) is 9.79. The fourth-order valence-corrected chi connectivity index (χ4v) is 5.35. The number of methoxy groups -OCH3 is 2. The van der Waals surface area contributed by atoms with Crippen molar-refractivity contribution in [2.75, 3.05) is 14.2 Å². The molecule has 34 heavy (non-hydrogen) atoms. The van der Waals surface area contributed by atoms with Crippen molar-refractivity contribution in [3.05, 3.63) is 52.3 Å². The van der Waals surface area contributed by atoms with Crippen molar-refractivity contribution in [1.82, 2.24) is 0 Å². The van der Waals surface area contributed by atoms with Crippen molar-refractivity contribution < 1.29 is 18.4 Å². The lowest BCUT2D eigenvalue weighted by atomic mass is 9.89. The highest BCUT2D eigenvalue weighted by molar-refractivity contribution is 6.32. The molecule has 5 heteroatoms. The third kappa shape index (κ3) is 6.33. The van der Waals surface area contributed by atoms with Gasteiger partial charge in [-0.25, -0.2) is 0 Å². The second-order valence-electron chi connectivity index (χ2n) is 9.38. The number of ether oxygens (including phenoxy) is 2. The van der Waals surface area contributed by atoms with E-state index >= 15 is 4.39 Å².